The molecule has 0 radical (unpaired) electrons. The molecule has 2 N–H and O–H groups in total. The third-order valence-electron chi connectivity index (χ3n) is 2.83. The number of carbonyl (C=O) groups is 1. The van der Waals surface area contributed by atoms with Crippen LogP contribution in [0.1, 0.15) is 16.7 Å². The molecule has 0 atom stereocenters. The van der Waals surface area contributed by atoms with Gasteiger partial charge < -0.3 is 20.1 Å². The number of hydrogen-bond donors (Lipinski definition) is 2. The van der Waals surface area contributed by atoms with Crippen molar-refractivity contribution in [2.45, 2.75) is 20.8 Å². The van der Waals surface area contributed by atoms with E-state index in [0.29, 0.717) is 26.3 Å². The van der Waals surface area contributed by atoms with E-state index >= 15 is 0 Å². The van der Waals surface area contributed by atoms with Crippen molar-refractivity contribution < 1.29 is 14.3 Å². The van der Waals surface area contributed by atoms with Crippen molar-refractivity contribution in [3.8, 4) is 5.75 Å². The molecule has 0 heterocycles. The summed E-state index contributed by atoms with van der Waals surface area (Å²) in [6.45, 7) is 8.04. The fourth-order valence-corrected chi connectivity index (χ4v) is 2.04. The van der Waals surface area contributed by atoms with Gasteiger partial charge in [0.05, 0.1) is 13.2 Å². The third kappa shape index (κ3) is 5.48. The molecule has 20 heavy (non-hydrogen) atoms. The van der Waals surface area contributed by atoms with Gasteiger partial charge in [-0.3, -0.25) is 0 Å². The molecule has 0 spiro atoms. The molecular formula is C15H24N2O3. The average Bonchev–Trinajstić information content (AvgIpc) is 2.37. The summed E-state index contributed by atoms with van der Waals surface area (Å²) in [5.41, 5.74) is 3.46. The normalized spacial score (nSPS) is 10.2. The Morgan fingerprint density at radius 2 is 1.60 bits per heavy atom. The minimum Gasteiger partial charge on any atom is -0.491 e. The Hall–Kier alpha value is -1.75. The second-order valence-electron chi connectivity index (χ2n) is 4.75. The molecule has 1 rings (SSSR count). The van der Waals surface area contributed by atoms with E-state index in [4.69, 9.17) is 9.47 Å². The van der Waals surface area contributed by atoms with Gasteiger partial charge in [0.25, 0.3) is 0 Å². The molecule has 0 aromatic heterocycles. The van der Waals surface area contributed by atoms with Crippen LogP contribution in [-0.4, -0.2) is 39.4 Å². The van der Waals surface area contributed by atoms with Crippen molar-refractivity contribution in [2.75, 3.05) is 33.4 Å². The van der Waals surface area contributed by atoms with Gasteiger partial charge in [0.15, 0.2) is 0 Å². The predicted molar refractivity (Wildman–Crippen MR) is 79.4 cm³/mol. The second kappa shape index (κ2) is 8.43. The number of methoxy groups -OCH3 is 1. The molecule has 112 valence electrons. The minimum atomic E-state index is -0.206. The highest BCUT2D eigenvalue weighted by Crippen LogP contribution is 2.24. The van der Waals surface area contributed by atoms with Crippen LogP contribution in [0.15, 0.2) is 12.1 Å². The lowest BCUT2D eigenvalue weighted by atomic mass is 10.1. The van der Waals surface area contributed by atoms with Crippen molar-refractivity contribution in [1.82, 2.24) is 10.6 Å². The topological polar surface area (TPSA) is 59.6 Å². The Kier molecular flexibility index (Phi) is 6.87. The van der Waals surface area contributed by atoms with Gasteiger partial charge in [-0.05, 0) is 31.9 Å². The first-order valence-electron chi connectivity index (χ1n) is 6.76. The highest BCUT2D eigenvalue weighted by Gasteiger charge is 2.05. The maximum absolute atomic E-state index is 11.4. The molecule has 0 saturated heterocycles. The number of hydrogen-bond acceptors (Lipinski definition) is 3. The Bertz CT molecular complexity index is 424. The highest BCUT2D eigenvalue weighted by atomic mass is 16.5. The monoisotopic (exact) mass is 280 g/mol. The van der Waals surface area contributed by atoms with E-state index < -0.39 is 0 Å². The fourth-order valence-electron chi connectivity index (χ4n) is 2.04. The first-order valence-corrected chi connectivity index (χ1v) is 6.76. The minimum absolute atomic E-state index is 0.206. The van der Waals surface area contributed by atoms with Crippen LogP contribution >= 0.6 is 0 Å². The van der Waals surface area contributed by atoms with Gasteiger partial charge in [-0.15, -0.1) is 0 Å². The molecular weight excluding hydrogens is 256 g/mol. The lowest BCUT2D eigenvalue weighted by Gasteiger charge is -2.13. The summed E-state index contributed by atoms with van der Waals surface area (Å²) in [6.07, 6.45) is 0. The van der Waals surface area contributed by atoms with Crippen molar-refractivity contribution in [3.63, 3.8) is 0 Å². The molecule has 1 aromatic carbocycles. The maximum Gasteiger partial charge on any atom is 0.314 e. The van der Waals surface area contributed by atoms with Crippen LogP contribution in [0, 0.1) is 20.8 Å². The first kappa shape index (κ1) is 16.3. The number of carbonyl (C=O) groups excluding carboxylic acids is 1. The molecule has 5 heteroatoms. The zero-order valence-electron chi connectivity index (χ0n) is 12.7. The summed E-state index contributed by atoms with van der Waals surface area (Å²) >= 11 is 0. The summed E-state index contributed by atoms with van der Waals surface area (Å²) in [4.78, 5) is 11.4. The summed E-state index contributed by atoms with van der Waals surface area (Å²) in [5.74, 6) is 0.900. The average molecular weight is 280 g/mol. The molecule has 0 unspecified atom stereocenters. The van der Waals surface area contributed by atoms with Gasteiger partial charge in [0.1, 0.15) is 12.4 Å². The molecule has 0 aliphatic heterocycles. The number of benzene rings is 1. The van der Waals surface area contributed by atoms with Crippen LogP contribution in [0.2, 0.25) is 0 Å². The lowest BCUT2D eigenvalue weighted by Crippen LogP contribution is -2.39. The van der Waals surface area contributed by atoms with Crippen LogP contribution in [0.5, 0.6) is 5.75 Å². The summed E-state index contributed by atoms with van der Waals surface area (Å²) in [6, 6.07) is 3.98. The zero-order valence-corrected chi connectivity index (χ0v) is 12.7. The second-order valence-corrected chi connectivity index (χ2v) is 4.75. The quantitative estimate of drug-likeness (QED) is 0.750. The molecule has 5 nitrogen and oxygen atoms in total. The number of nitrogens with one attached hydrogen (secondary N) is 2. The Morgan fingerprint density at radius 1 is 1.05 bits per heavy atom. The summed E-state index contributed by atoms with van der Waals surface area (Å²) in [5, 5.41) is 5.41. The molecule has 0 saturated carbocycles. The third-order valence-corrected chi connectivity index (χ3v) is 2.83. The SMILES string of the molecule is COCCNC(=O)NCCOc1c(C)cc(C)cc1C. The van der Waals surface area contributed by atoms with Crippen LogP contribution in [0.25, 0.3) is 0 Å². The number of urea groups is 1. The van der Waals surface area contributed by atoms with E-state index in [1.165, 1.54) is 5.56 Å². The van der Waals surface area contributed by atoms with Crippen LogP contribution in [0.3, 0.4) is 0 Å². The number of ether oxygens (including phenoxy) is 2. The van der Waals surface area contributed by atoms with Crippen LogP contribution < -0.4 is 15.4 Å². The summed E-state index contributed by atoms with van der Waals surface area (Å²) in [7, 11) is 1.60. The van der Waals surface area contributed by atoms with Crippen molar-refractivity contribution in [2.24, 2.45) is 0 Å². The van der Waals surface area contributed by atoms with Crippen molar-refractivity contribution in [1.29, 1.82) is 0 Å². The Morgan fingerprint density at radius 3 is 2.15 bits per heavy atom. The maximum atomic E-state index is 11.4. The van der Waals surface area contributed by atoms with E-state index in [-0.39, 0.29) is 6.03 Å². The van der Waals surface area contributed by atoms with E-state index in [0.717, 1.165) is 16.9 Å². The molecule has 0 aliphatic carbocycles. The predicted octanol–water partition coefficient (Wildman–Crippen LogP) is 1.94. The Balaban J connectivity index is 2.29. The largest absolute Gasteiger partial charge is 0.491 e. The van der Waals surface area contributed by atoms with Gasteiger partial charge >= 0.3 is 6.03 Å². The highest BCUT2D eigenvalue weighted by molar-refractivity contribution is 5.73. The van der Waals surface area contributed by atoms with E-state index in [1.54, 1.807) is 7.11 Å². The first-order chi connectivity index (χ1) is 9.54. The van der Waals surface area contributed by atoms with Gasteiger partial charge in [-0.1, -0.05) is 17.7 Å². The number of aryl methyl sites for hydroxylation is 3. The van der Waals surface area contributed by atoms with Gasteiger partial charge in [0, 0.05) is 13.7 Å². The van der Waals surface area contributed by atoms with E-state index in [1.807, 2.05) is 13.8 Å². The van der Waals surface area contributed by atoms with E-state index in [2.05, 4.69) is 29.7 Å². The summed E-state index contributed by atoms with van der Waals surface area (Å²) < 4.78 is 10.6. The zero-order chi connectivity index (χ0) is 15.0. The molecule has 0 bridgehead atoms. The van der Waals surface area contributed by atoms with Crippen LogP contribution in [-0.2, 0) is 4.74 Å². The van der Waals surface area contributed by atoms with E-state index in [9.17, 15) is 4.79 Å². The Labute approximate surface area is 120 Å². The number of rotatable bonds is 7. The fraction of sp³-hybridized carbons (Fsp3) is 0.533. The molecule has 0 aliphatic rings. The van der Waals surface area contributed by atoms with Gasteiger partial charge in [-0.25, -0.2) is 4.79 Å². The van der Waals surface area contributed by atoms with Gasteiger partial charge in [0.2, 0.25) is 0 Å². The smallest absolute Gasteiger partial charge is 0.314 e. The standard InChI is InChI=1S/C15H24N2O3/c1-11-9-12(2)14(13(3)10-11)20-8-6-17-15(18)16-5-7-19-4/h9-10H,5-8H2,1-4H3,(H2,16,17,18). The lowest BCUT2D eigenvalue weighted by molar-refractivity contribution is 0.195. The number of amides is 2. The van der Waals surface area contributed by atoms with Crippen molar-refractivity contribution >= 4 is 6.03 Å². The molecule has 1 aromatic rings. The van der Waals surface area contributed by atoms with Crippen molar-refractivity contribution in [3.05, 3.63) is 28.8 Å². The van der Waals surface area contributed by atoms with Crippen LogP contribution in [0.4, 0.5) is 4.79 Å². The van der Waals surface area contributed by atoms with Gasteiger partial charge in [-0.2, -0.15) is 0 Å². The molecule has 2 amide bonds. The molecule has 0 fully saturated rings.